The second-order valence-corrected chi connectivity index (χ2v) is 8.31. The lowest BCUT2D eigenvalue weighted by molar-refractivity contribution is 0.0614. The molecule has 2 aromatic rings. The van der Waals surface area contributed by atoms with Crippen molar-refractivity contribution in [3.05, 3.63) is 90.0 Å². The Balaban J connectivity index is 1.89. The van der Waals surface area contributed by atoms with E-state index in [1.807, 2.05) is 30.4 Å². The van der Waals surface area contributed by atoms with E-state index in [1.165, 1.54) is 11.0 Å². The van der Waals surface area contributed by atoms with Crippen LogP contribution in [0.2, 0.25) is 0 Å². The summed E-state index contributed by atoms with van der Waals surface area (Å²) in [5.41, 5.74) is 1.83. The molecular formula is C26H32FN3O2. The standard InChI is InChI=1S/C26H32FN3O2/c1-20-19-28(2)15-16-30(20)24(13-5-4-8-17-31)21-10-9-11-22(18-21)26(32)29(3)25-14-7-6-12-23(25)27/h4-12,14,17-18,20,24,31H,13,15-16,19H2,1-3H3/b5-4-,17-8+. The Bertz CT molecular complexity index is 975. The van der Waals surface area contributed by atoms with Crippen molar-refractivity contribution in [2.75, 3.05) is 38.6 Å². The summed E-state index contributed by atoms with van der Waals surface area (Å²) in [6.45, 7) is 5.11. The molecule has 1 aliphatic heterocycles. The zero-order chi connectivity index (χ0) is 23.1. The number of hydrogen-bond acceptors (Lipinski definition) is 4. The molecule has 2 atom stereocenters. The number of benzene rings is 2. The summed E-state index contributed by atoms with van der Waals surface area (Å²) in [5.74, 6) is -0.674. The zero-order valence-electron chi connectivity index (χ0n) is 19.0. The van der Waals surface area contributed by atoms with Crippen molar-refractivity contribution in [3.8, 4) is 0 Å². The highest BCUT2D eigenvalue weighted by Crippen LogP contribution is 2.30. The van der Waals surface area contributed by atoms with Crippen molar-refractivity contribution < 1.29 is 14.3 Å². The van der Waals surface area contributed by atoms with E-state index < -0.39 is 5.82 Å². The number of likely N-dealkylation sites (N-methyl/N-ethyl adjacent to an activating group) is 1. The summed E-state index contributed by atoms with van der Waals surface area (Å²) in [4.78, 5) is 19.3. The maximum atomic E-state index is 14.2. The first kappa shape index (κ1) is 23.7. The van der Waals surface area contributed by atoms with Crippen molar-refractivity contribution in [3.63, 3.8) is 0 Å². The highest BCUT2D eigenvalue weighted by Gasteiger charge is 2.29. The molecule has 1 amide bonds. The summed E-state index contributed by atoms with van der Waals surface area (Å²) in [6, 6.07) is 14.4. The van der Waals surface area contributed by atoms with Crippen molar-refractivity contribution in [2.24, 2.45) is 0 Å². The highest BCUT2D eigenvalue weighted by atomic mass is 19.1. The van der Waals surface area contributed by atoms with Crippen LogP contribution >= 0.6 is 0 Å². The number of carbonyl (C=O) groups excluding carboxylic acids is 1. The number of piperazine rings is 1. The second-order valence-electron chi connectivity index (χ2n) is 8.31. The topological polar surface area (TPSA) is 47.0 Å². The summed E-state index contributed by atoms with van der Waals surface area (Å²) < 4.78 is 14.2. The van der Waals surface area contributed by atoms with Crippen LogP contribution in [-0.2, 0) is 0 Å². The highest BCUT2D eigenvalue weighted by molar-refractivity contribution is 6.05. The zero-order valence-corrected chi connectivity index (χ0v) is 19.0. The SMILES string of the molecule is CC1CN(C)CCN1C(C/C=C\C=C\O)c1cccc(C(=O)N(C)c2ccccc2F)c1. The molecule has 0 radical (unpaired) electrons. The number of aliphatic hydroxyl groups excluding tert-OH is 1. The number of nitrogens with zero attached hydrogens (tertiary/aromatic N) is 3. The van der Waals surface area contributed by atoms with E-state index in [1.54, 1.807) is 37.4 Å². The van der Waals surface area contributed by atoms with Crippen molar-refractivity contribution in [1.82, 2.24) is 9.80 Å². The molecule has 0 aromatic heterocycles. The average molecular weight is 438 g/mol. The lowest BCUT2D eigenvalue weighted by Crippen LogP contribution is -2.51. The Labute approximate surface area is 190 Å². The number of hydrogen-bond donors (Lipinski definition) is 1. The number of anilines is 1. The van der Waals surface area contributed by atoms with Gasteiger partial charge in [0, 0.05) is 44.3 Å². The maximum Gasteiger partial charge on any atom is 0.258 e. The monoisotopic (exact) mass is 437 g/mol. The van der Waals surface area contributed by atoms with Crippen molar-refractivity contribution >= 4 is 11.6 Å². The largest absolute Gasteiger partial charge is 0.516 e. The van der Waals surface area contributed by atoms with E-state index in [0.717, 1.165) is 37.9 Å². The molecule has 2 unspecified atom stereocenters. The molecule has 0 bridgehead atoms. The Kier molecular flexibility index (Phi) is 8.20. The number of para-hydroxylation sites is 1. The lowest BCUT2D eigenvalue weighted by atomic mass is 9.96. The first-order chi connectivity index (χ1) is 15.4. The van der Waals surface area contributed by atoms with Crippen molar-refractivity contribution in [2.45, 2.75) is 25.4 Å². The molecule has 0 spiro atoms. The molecule has 32 heavy (non-hydrogen) atoms. The molecule has 1 N–H and O–H groups in total. The minimum absolute atomic E-state index is 0.0913. The fourth-order valence-electron chi connectivity index (χ4n) is 4.32. The first-order valence-electron chi connectivity index (χ1n) is 10.9. The number of carbonyl (C=O) groups is 1. The summed E-state index contributed by atoms with van der Waals surface area (Å²) >= 11 is 0. The number of amides is 1. The van der Waals surface area contributed by atoms with Gasteiger partial charge in [-0.1, -0.05) is 36.4 Å². The van der Waals surface area contributed by atoms with Crippen LogP contribution in [0.15, 0.2) is 73.0 Å². The van der Waals surface area contributed by atoms with Crippen LogP contribution in [0.1, 0.15) is 35.3 Å². The van der Waals surface area contributed by atoms with Gasteiger partial charge >= 0.3 is 0 Å². The van der Waals surface area contributed by atoms with Gasteiger partial charge in [0.2, 0.25) is 0 Å². The minimum Gasteiger partial charge on any atom is -0.516 e. The maximum absolute atomic E-state index is 14.2. The fraction of sp³-hybridized carbons (Fsp3) is 0.346. The molecular weight excluding hydrogens is 405 g/mol. The lowest BCUT2D eigenvalue weighted by Gasteiger charge is -2.43. The Morgan fingerprint density at radius 1 is 1.22 bits per heavy atom. The second kappa shape index (κ2) is 11.1. The van der Waals surface area contributed by atoms with E-state index in [2.05, 4.69) is 23.8 Å². The van der Waals surface area contributed by atoms with E-state index in [0.29, 0.717) is 11.6 Å². The smallest absolute Gasteiger partial charge is 0.258 e. The van der Waals surface area contributed by atoms with Crippen LogP contribution in [0.5, 0.6) is 0 Å². The van der Waals surface area contributed by atoms with Crippen LogP contribution in [0, 0.1) is 5.82 Å². The third-order valence-electron chi connectivity index (χ3n) is 6.01. The molecule has 5 nitrogen and oxygen atoms in total. The van der Waals surface area contributed by atoms with Gasteiger partial charge in [-0.25, -0.2) is 4.39 Å². The minimum atomic E-state index is -0.425. The molecule has 2 aromatic carbocycles. The van der Waals surface area contributed by atoms with E-state index in [9.17, 15) is 9.18 Å². The van der Waals surface area contributed by atoms with Crippen LogP contribution in [0.25, 0.3) is 0 Å². The molecule has 0 saturated carbocycles. The van der Waals surface area contributed by atoms with Gasteiger partial charge in [-0.05, 0) is 56.3 Å². The van der Waals surface area contributed by atoms with Gasteiger partial charge in [0.05, 0.1) is 11.9 Å². The van der Waals surface area contributed by atoms with E-state index in [4.69, 9.17) is 5.11 Å². The Morgan fingerprint density at radius 2 is 2.00 bits per heavy atom. The Hall–Kier alpha value is -2.96. The van der Waals surface area contributed by atoms with Gasteiger partial charge in [-0.3, -0.25) is 9.69 Å². The number of allylic oxidation sites excluding steroid dienone is 2. The van der Waals surface area contributed by atoms with E-state index >= 15 is 0 Å². The van der Waals surface area contributed by atoms with Gasteiger partial charge in [0.15, 0.2) is 0 Å². The van der Waals surface area contributed by atoms with Gasteiger partial charge in [0.25, 0.3) is 5.91 Å². The molecule has 3 rings (SSSR count). The molecule has 6 heteroatoms. The van der Waals surface area contributed by atoms with Crippen LogP contribution < -0.4 is 4.90 Å². The van der Waals surface area contributed by atoms with Crippen LogP contribution in [0.3, 0.4) is 0 Å². The molecule has 170 valence electrons. The number of halogens is 1. The summed E-state index contributed by atoms with van der Waals surface area (Å²) in [5, 5.41) is 8.91. The predicted octanol–water partition coefficient (Wildman–Crippen LogP) is 4.80. The van der Waals surface area contributed by atoms with Gasteiger partial charge in [-0.15, -0.1) is 0 Å². The normalized spacial score (nSPS) is 18.9. The molecule has 0 aliphatic carbocycles. The third kappa shape index (κ3) is 5.64. The number of rotatable bonds is 7. The quantitative estimate of drug-likeness (QED) is 0.499. The number of aliphatic hydroxyl groups is 1. The summed E-state index contributed by atoms with van der Waals surface area (Å²) in [7, 11) is 3.73. The average Bonchev–Trinajstić information content (AvgIpc) is 2.79. The molecule has 1 fully saturated rings. The van der Waals surface area contributed by atoms with Gasteiger partial charge in [-0.2, -0.15) is 0 Å². The van der Waals surface area contributed by atoms with Gasteiger partial charge < -0.3 is 14.9 Å². The molecule has 1 aliphatic rings. The van der Waals surface area contributed by atoms with Crippen molar-refractivity contribution in [1.29, 1.82) is 0 Å². The van der Waals surface area contributed by atoms with E-state index in [-0.39, 0.29) is 17.6 Å². The predicted molar refractivity (Wildman–Crippen MR) is 128 cm³/mol. The van der Waals surface area contributed by atoms with Crippen LogP contribution in [-0.4, -0.2) is 60.6 Å². The van der Waals surface area contributed by atoms with Gasteiger partial charge in [0.1, 0.15) is 5.82 Å². The summed E-state index contributed by atoms with van der Waals surface area (Å²) in [6.07, 6.45) is 7.21. The molecule has 1 saturated heterocycles. The Morgan fingerprint density at radius 3 is 2.72 bits per heavy atom. The molecule has 1 heterocycles. The first-order valence-corrected chi connectivity index (χ1v) is 10.9. The van der Waals surface area contributed by atoms with Crippen LogP contribution in [0.4, 0.5) is 10.1 Å². The third-order valence-corrected chi connectivity index (χ3v) is 6.01. The fourth-order valence-corrected chi connectivity index (χ4v) is 4.32.